The van der Waals surface area contributed by atoms with Gasteiger partial charge < -0.3 is 4.42 Å². The predicted molar refractivity (Wildman–Crippen MR) is 88.0 cm³/mol. The Morgan fingerprint density at radius 3 is 2.74 bits per heavy atom. The van der Waals surface area contributed by atoms with Crippen molar-refractivity contribution in [2.75, 3.05) is 0 Å². The largest absolute Gasteiger partial charge is 0.467 e. The van der Waals surface area contributed by atoms with Gasteiger partial charge in [0.25, 0.3) is 0 Å². The molecule has 5 nitrogen and oxygen atoms in total. The summed E-state index contributed by atoms with van der Waals surface area (Å²) in [5, 5.41) is 18.2. The molecule has 0 unspecified atom stereocenters. The van der Waals surface area contributed by atoms with Gasteiger partial charge in [-0.15, -0.1) is 10.2 Å². The molecule has 0 aliphatic heterocycles. The number of rotatable bonds is 6. The van der Waals surface area contributed by atoms with E-state index in [0.717, 1.165) is 16.7 Å². The summed E-state index contributed by atoms with van der Waals surface area (Å²) in [7, 11) is 0. The van der Waals surface area contributed by atoms with Gasteiger partial charge in [0.05, 0.1) is 24.1 Å². The number of hydrogen-bond donors (Lipinski definition) is 0. The Morgan fingerprint density at radius 1 is 1.22 bits per heavy atom. The van der Waals surface area contributed by atoms with Gasteiger partial charge in [-0.2, -0.15) is 5.26 Å². The molecule has 0 N–H and O–H groups in total. The van der Waals surface area contributed by atoms with Crippen LogP contribution in [0.1, 0.15) is 24.1 Å². The lowest BCUT2D eigenvalue weighted by molar-refractivity contribution is 0.479. The second-order valence-corrected chi connectivity index (χ2v) is 6.42. The third-order valence-electron chi connectivity index (χ3n) is 3.36. The molecule has 2 aromatic heterocycles. The Labute approximate surface area is 139 Å². The molecule has 6 heteroatoms. The lowest BCUT2D eigenvalue weighted by Gasteiger charge is -2.09. The zero-order valence-electron chi connectivity index (χ0n) is 12.7. The van der Waals surface area contributed by atoms with Gasteiger partial charge in [0, 0.05) is 6.42 Å². The summed E-state index contributed by atoms with van der Waals surface area (Å²) in [5.41, 5.74) is 1.17. The number of benzene rings is 1. The van der Waals surface area contributed by atoms with Crippen molar-refractivity contribution in [2.45, 2.75) is 30.3 Å². The molecule has 0 bridgehead atoms. The second-order valence-electron chi connectivity index (χ2n) is 5.12. The number of hydrogen-bond acceptors (Lipinski definition) is 5. The molecule has 1 atom stereocenters. The first-order valence-corrected chi connectivity index (χ1v) is 8.19. The number of nitrogens with zero attached hydrogens (tertiary/aromatic N) is 4. The molecule has 3 rings (SSSR count). The maximum Gasteiger partial charge on any atom is 0.192 e. The van der Waals surface area contributed by atoms with E-state index in [1.807, 2.05) is 41.8 Å². The highest BCUT2D eigenvalue weighted by Crippen LogP contribution is 2.24. The molecule has 0 amide bonds. The molecular weight excluding hydrogens is 308 g/mol. The van der Waals surface area contributed by atoms with Gasteiger partial charge in [0.1, 0.15) is 11.6 Å². The van der Waals surface area contributed by atoms with Crippen LogP contribution in [0.2, 0.25) is 0 Å². The smallest absolute Gasteiger partial charge is 0.192 e. The zero-order chi connectivity index (χ0) is 16.1. The summed E-state index contributed by atoms with van der Waals surface area (Å²) < 4.78 is 7.47. The van der Waals surface area contributed by atoms with E-state index in [0.29, 0.717) is 13.0 Å². The maximum absolute atomic E-state index is 9.04. The zero-order valence-corrected chi connectivity index (χ0v) is 13.5. The van der Waals surface area contributed by atoms with Crippen molar-refractivity contribution in [3.8, 4) is 6.07 Å². The molecule has 0 saturated carbocycles. The molecule has 0 aliphatic rings. The monoisotopic (exact) mass is 324 g/mol. The van der Waals surface area contributed by atoms with Crippen molar-refractivity contribution in [1.29, 1.82) is 5.26 Å². The molecular formula is C17H16N4OS. The predicted octanol–water partition coefficient (Wildman–Crippen LogP) is 3.51. The summed E-state index contributed by atoms with van der Waals surface area (Å²) in [5.74, 6) is 1.70. The fourth-order valence-corrected chi connectivity index (χ4v) is 2.97. The summed E-state index contributed by atoms with van der Waals surface area (Å²) in [4.78, 5) is 0. The van der Waals surface area contributed by atoms with Crippen molar-refractivity contribution in [1.82, 2.24) is 14.8 Å². The Balaban J connectivity index is 1.90. The van der Waals surface area contributed by atoms with Crippen molar-refractivity contribution in [3.63, 3.8) is 0 Å². The minimum atomic E-state index is -0.181. The molecule has 0 fully saturated rings. The Hall–Kier alpha value is -2.52. The minimum Gasteiger partial charge on any atom is -0.467 e. The average Bonchev–Trinajstić information content (AvgIpc) is 3.21. The quantitative estimate of drug-likeness (QED) is 0.649. The van der Waals surface area contributed by atoms with Crippen LogP contribution in [-0.4, -0.2) is 20.0 Å². The summed E-state index contributed by atoms with van der Waals surface area (Å²) in [6.07, 6.45) is 2.34. The van der Waals surface area contributed by atoms with Crippen LogP contribution in [-0.2, 0) is 13.0 Å². The summed E-state index contributed by atoms with van der Waals surface area (Å²) in [6, 6.07) is 16.1. The van der Waals surface area contributed by atoms with E-state index in [2.05, 4.69) is 28.4 Å². The van der Waals surface area contributed by atoms with E-state index in [1.54, 1.807) is 6.26 Å². The third-order valence-corrected chi connectivity index (χ3v) is 4.33. The van der Waals surface area contributed by atoms with Gasteiger partial charge in [-0.1, -0.05) is 42.1 Å². The first-order chi connectivity index (χ1) is 11.3. The van der Waals surface area contributed by atoms with E-state index in [1.165, 1.54) is 17.3 Å². The first kappa shape index (κ1) is 15.4. The molecule has 0 spiro atoms. The van der Waals surface area contributed by atoms with Gasteiger partial charge in [-0.25, -0.2) is 0 Å². The highest BCUT2D eigenvalue weighted by Gasteiger charge is 2.16. The molecule has 2 heterocycles. The number of nitriles is 1. The van der Waals surface area contributed by atoms with Crippen LogP contribution in [0.3, 0.4) is 0 Å². The normalized spacial score (nSPS) is 12.0. The fraction of sp³-hybridized carbons (Fsp3) is 0.235. The number of thioether (sulfide) groups is 1. The molecule has 1 aromatic carbocycles. The van der Waals surface area contributed by atoms with Crippen molar-refractivity contribution < 1.29 is 4.42 Å². The van der Waals surface area contributed by atoms with Gasteiger partial charge in [-0.05, 0) is 24.6 Å². The molecule has 0 aliphatic carbocycles. The molecule has 0 saturated heterocycles. The van der Waals surface area contributed by atoms with Crippen LogP contribution in [0.25, 0.3) is 0 Å². The van der Waals surface area contributed by atoms with Crippen LogP contribution in [0.5, 0.6) is 0 Å². The van der Waals surface area contributed by atoms with E-state index < -0.39 is 0 Å². The van der Waals surface area contributed by atoms with Crippen LogP contribution in [0, 0.1) is 11.3 Å². The highest BCUT2D eigenvalue weighted by atomic mass is 32.2. The van der Waals surface area contributed by atoms with Gasteiger partial charge >= 0.3 is 0 Å². The Morgan fingerprint density at radius 2 is 2.04 bits per heavy atom. The standard InChI is InChI=1S/C17H16N4OS/c1-13(11-18)23-17-20-19-16(10-14-6-3-2-4-7-14)21(17)12-15-8-5-9-22-15/h2-9,13H,10,12H2,1H3/t13-/m0/s1. The number of aromatic nitrogens is 3. The average molecular weight is 324 g/mol. The van der Waals surface area contributed by atoms with Crippen molar-refractivity contribution in [3.05, 3.63) is 65.9 Å². The van der Waals surface area contributed by atoms with Crippen molar-refractivity contribution >= 4 is 11.8 Å². The van der Waals surface area contributed by atoms with E-state index in [9.17, 15) is 0 Å². The molecule has 3 aromatic rings. The van der Waals surface area contributed by atoms with Gasteiger partial charge in [-0.3, -0.25) is 4.57 Å². The lowest BCUT2D eigenvalue weighted by Crippen LogP contribution is -2.08. The Kier molecular flexibility index (Phi) is 4.79. The summed E-state index contributed by atoms with van der Waals surface area (Å²) >= 11 is 1.41. The fourth-order valence-electron chi connectivity index (χ4n) is 2.22. The maximum atomic E-state index is 9.04. The Bertz CT molecular complexity index is 790. The van der Waals surface area contributed by atoms with Crippen LogP contribution < -0.4 is 0 Å². The van der Waals surface area contributed by atoms with E-state index in [4.69, 9.17) is 9.68 Å². The summed E-state index contributed by atoms with van der Waals surface area (Å²) in [6.45, 7) is 2.41. The topological polar surface area (TPSA) is 67.6 Å². The second kappa shape index (κ2) is 7.16. The lowest BCUT2D eigenvalue weighted by atomic mass is 10.1. The van der Waals surface area contributed by atoms with Crippen LogP contribution in [0.4, 0.5) is 0 Å². The van der Waals surface area contributed by atoms with Crippen LogP contribution in [0.15, 0.2) is 58.3 Å². The molecule has 23 heavy (non-hydrogen) atoms. The van der Waals surface area contributed by atoms with Crippen LogP contribution >= 0.6 is 11.8 Å². The van der Waals surface area contributed by atoms with E-state index >= 15 is 0 Å². The van der Waals surface area contributed by atoms with Gasteiger partial charge in [0.15, 0.2) is 5.16 Å². The minimum absolute atomic E-state index is 0.181. The first-order valence-electron chi connectivity index (χ1n) is 7.31. The highest BCUT2D eigenvalue weighted by molar-refractivity contribution is 8.00. The van der Waals surface area contributed by atoms with Crippen molar-refractivity contribution in [2.24, 2.45) is 0 Å². The van der Waals surface area contributed by atoms with E-state index in [-0.39, 0.29) is 5.25 Å². The third kappa shape index (κ3) is 3.82. The van der Waals surface area contributed by atoms with Gasteiger partial charge in [0.2, 0.25) is 0 Å². The molecule has 116 valence electrons. The molecule has 0 radical (unpaired) electrons. The number of furan rings is 1. The SMILES string of the molecule is C[C@@H](C#N)Sc1nnc(Cc2ccccc2)n1Cc1ccco1.